The highest BCUT2D eigenvalue weighted by molar-refractivity contribution is 5.94. The predicted molar refractivity (Wildman–Crippen MR) is 61.1 cm³/mol. The lowest BCUT2D eigenvalue weighted by molar-refractivity contribution is -0.384. The molecule has 1 aromatic carbocycles. The van der Waals surface area contributed by atoms with Gasteiger partial charge in [-0.2, -0.15) is 8.78 Å². The number of anilines is 1. The van der Waals surface area contributed by atoms with Crippen LogP contribution in [0.3, 0.4) is 0 Å². The summed E-state index contributed by atoms with van der Waals surface area (Å²) in [5.41, 5.74) is 3.58. The van der Waals surface area contributed by atoms with E-state index in [-0.39, 0.29) is 5.56 Å². The third-order valence-electron chi connectivity index (χ3n) is 2.31. The second-order valence-corrected chi connectivity index (χ2v) is 3.77. The van der Waals surface area contributed by atoms with Crippen LogP contribution in [-0.2, 0) is 0 Å². The lowest BCUT2D eigenvalue weighted by Gasteiger charge is -2.16. The summed E-state index contributed by atoms with van der Waals surface area (Å²) in [5, 5.41) is 12.6. The Labute approximate surface area is 109 Å². The minimum atomic E-state index is -4.34. The van der Waals surface area contributed by atoms with E-state index in [1.165, 1.54) is 0 Å². The summed E-state index contributed by atoms with van der Waals surface area (Å²) >= 11 is 0. The quantitative estimate of drug-likeness (QED) is 0.476. The molecule has 0 spiro atoms. The van der Waals surface area contributed by atoms with Crippen molar-refractivity contribution in [2.24, 2.45) is 5.73 Å². The van der Waals surface area contributed by atoms with Gasteiger partial charge in [-0.15, -0.1) is 0 Å². The molecule has 0 saturated carbocycles. The number of hydrogen-bond donors (Lipinski definition) is 2. The Morgan fingerprint density at radius 3 is 2.50 bits per heavy atom. The summed E-state index contributed by atoms with van der Waals surface area (Å²) in [6, 6.07) is 2.77. The molecular formula is C10H9F4N3O3. The number of nitro groups is 1. The standard InChI is InChI=1S/C10H9F4N3O3/c11-9(12)10(13,14)4-16-6-2-1-5(8(15)18)3-7(6)17(19)20/h1-3,9,16H,4H2,(H2,15,18). The summed E-state index contributed by atoms with van der Waals surface area (Å²) in [7, 11) is 0. The van der Waals surface area contributed by atoms with Gasteiger partial charge in [0.05, 0.1) is 11.5 Å². The molecule has 6 nitrogen and oxygen atoms in total. The molecule has 20 heavy (non-hydrogen) atoms. The largest absolute Gasteiger partial charge is 0.373 e. The zero-order valence-corrected chi connectivity index (χ0v) is 9.78. The molecule has 3 N–H and O–H groups in total. The van der Waals surface area contributed by atoms with Gasteiger partial charge in [-0.3, -0.25) is 14.9 Å². The number of benzene rings is 1. The van der Waals surface area contributed by atoms with Gasteiger partial charge in [0.25, 0.3) is 5.69 Å². The molecule has 0 bridgehead atoms. The first-order chi connectivity index (χ1) is 9.15. The number of carbonyl (C=O) groups excluding carboxylic acids is 1. The van der Waals surface area contributed by atoms with Crippen LogP contribution in [0, 0.1) is 10.1 Å². The van der Waals surface area contributed by atoms with Crippen molar-refractivity contribution < 1.29 is 27.3 Å². The maximum Gasteiger partial charge on any atom is 0.324 e. The maximum atomic E-state index is 12.7. The van der Waals surface area contributed by atoms with Crippen molar-refractivity contribution in [2.75, 3.05) is 11.9 Å². The Hall–Kier alpha value is -2.39. The summed E-state index contributed by atoms with van der Waals surface area (Å²) in [6.07, 6.45) is -3.90. The van der Waals surface area contributed by atoms with Crippen LogP contribution in [-0.4, -0.2) is 29.7 Å². The number of hydrogen-bond acceptors (Lipinski definition) is 4. The zero-order valence-electron chi connectivity index (χ0n) is 9.78. The Morgan fingerprint density at radius 2 is 2.05 bits per heavy atom. The molecule has 0 aromatic heterocycles. The minimum absolute atomic E-state index is 0.206. The van der Waals surface area contributed by atoms with Crippen LogP contribution >= 0.6 is 0 Å². The third-order valence-corrected chi connectivity index (χ3v) is 2.31. The van der Waals surface area contributed by atoms with E-state index in [9.17, 15) is 32.5 Å². The van der Waals surface area contributed by atoms with Crippen molar-refractivity contribution in [3.63, 3.8) is 0 Å². The summed E-state index contributed by atoms with van der Waals surface area (Å²) < 4.78 is 49.4. The molecule has 1 rings (SSSR count). The van der Waals surface area contributed by atoms with Crippen molar-refractivity contribution in [1.82, 2.24) is 0 Å². The molecule has 0 aliphatic heterocycles. The van der Waals surface area contributed by atoms with Gasteiger partial charge in [-0.25, -0.2) is 8.78 Å². The molecule has 1 amide bonds. The molecule has 0 saturated heterocycles. The fraction of sp³-hybridized carbons (Fsp3) is 0.300. The highest BCUT2D eigenvalue weighted by Crippen LogP contribution is 2.28. The molecular weight excluding hydrogens is 286 g/mol. The van der Waals surface area contributed by atoms with Crippen molar-refractivity contribution >= 4 is 17.3 Å². The topological polar surface area (TPSA) is 98.3 Å². The van der Waals surface area contributed by atoms with Crippen molar-refractivity contribution in [3.8, 4) is 0 Å². The van der Waals surface area contributed by atoms with Crippen molar-refractivity contribution in [3.05, 3.63) is 33.9 Å². The Balaban J connectivity index is 3.01. The average Bonchev–Trinajstić information content (AvgIpc) is 2.35. The normalized spacial score (nSPS) is 11.4. The van der Waals surface area contributed by atoms with Gasteiger partial charge in [-0.1, -0.05) is 0 Å². The Bertz CT molecular complexity index is 536. The molecule has 0 unspecified atom stereocenters. The van der Waals surface area contributed by atoms with Gasteiger partial charge in [-0.05, 0) is 12.1 Å². The monoisotopic (exact) mass is 295 g/mol. The van der Waals surface area contributed by atoms with Crippen LogP contribution in [0.5, 0.6) is 0 Å². The van der Waals surface area contributed by atoms with Gasteiger partial charge in [0.15, 0.2) is 0 Å². The Kier molecular flexibility index (Phi) is 4.48. The number of nitrogens with two attached hydrogens (primary N) is 1. The van der Waals surface area contributed by atoms with Crippen LogP contribution in [0.4, 0.5) is 28.9 Å². The molecule has 0 radical (unpaired) electrons. The molecule has 0 aliphatic rings. The van der Waals surface area contributed by atoms with E-state index >= 15 is 0 Å². The van der Waals surface area contributed by atoms with E-state index in [0.29, 0.717) is 0 Å². The highest BCUT2D eigenvalue weighted by Gasteiger charge is 2.40. The number of nitrogens with one attached hydrogen (secondary N) is 1. The number of nitro benzene ring substituents is 1. The number of nitrogens with zero attached hydrogens (tertiary/aromatic N) is 1. The van der Waals surface area contributed by atoms with E-state index < -0.39 is 41.1 Å². The van der Waals surface area contributed by atoms with Gasteiger partial charge in [0.1, 0.15) is 5.69 Å². The van der Waals surface area contributed by atoms with Crippen molar-refractivity contribution in [2.45, 2.75) is 12.3 Å². The van der Waals surface area contributed by atoms with E-state index in [0.717, 1.165) is 18.2 Å². The maximum absolute atomic E-state index is 12.7. The van der Waals surface area contributed by atoms with E-state index in [4.69, 9.17) is 5.73 Å². The van der Waals surface area contributed by atoms with E-state index in [1.807, 2.05) is 5.32 Å². The fourth-order valence-corrected chi connectivity index (χ4v) is 1.28. The van der Waals surface area contributed by atoms with Crippen LogP contribution in [0.1, 0.15) is 10.4 Å². The third kappa shape index (κ3) is 3.56. The average molecular weight is 295 g/mol. The van der Waals surface area contributed by atoms with Gasteiger partial charge < -0.3 is 11.1 Å². The summed E-state index contributed by atoms with van der Waals surface area (Å²) in [6.45, 7) is -1.48. The minimum Gasteiger partial charge on any atom is -0.373 e. The van der Waals surface area contributed by atoms with E-state index in [2.05, 4.69) is 0 Å². The van der Waals surface area contributed by atoms with Crippen LogP contribution in [0.2, 0.25) is 0 Å². The van der Waals surface area contributed by atoms with Gasteiger partial charge in [0, 0.05) is 11.6 Å². The first kappa shape index (κ1) is 15.7. The number of alkyl halides is 4. The molecule has 0 fully saturated rings. The smallest absolute Gasteiger partial charge is 0.324 e. The second-order valence-electron chi connectivity index (χ2n) is 3.77. The van der Waals surface area contributed by atoms with Crippen LogP contribution < -0.4 is 11.1 Å². The summed E-state index contributed by atoms with van der Waals surface area (Å²) in [5.74, 6) is -5.28. The SMILES string of the molecule is NC(=O)c1ccc(NCC(F)(F)C(F)F)c([N+](=O)[O-])c1. The molecule has 0 heterocycles. The second kappa shape index (κ2) is 5.72. The highest BCUT2D eigenvalue weighted by atomic mass is 19.3. The van der Waals surface area contributed by atoms with Crippen LogP contribution in [0.15, 0.2) is 18.2 Å². The predicted octanol–water partition coefficient (Wildman–Crippen LogP) is 2.01. The molecule has 0 aliphatic carbocycles. The summed E-state index contributed by atoms with van der Waals surface area (Å²) in [4.78, 5) is 20.6. The number of rotatable bonds is 6. The van der Waals surface area contributed by atoms with Crippen LogP contribution in [0.25, 0.3) is 0 Å². The number of primary amides is 1. The fourth-order valence-electron chi connectivity index (χ4n) is 1.28. The van der Waals surface area contributed by atoms with Crippen molar-refractivity contribution in [1.29, 1.82) is 0 Å². The zero-order chi connectivity index (χ0) is 15.5. The number of halogens is 4. The molecule has 10 heteroatoms. The first-order valence-corrected chi connectivity index (χ1v) is 5.13. The molecule has 1 aromatic rings. The lowest BCUT2D eigenvalue weighted by atomic mass is 10.1. The number of carbonyl (C=O) groups is 1. The van der Waals surface area contributed by atoms with Gasteiger partial charge >= 0.3 is 12.3 Å². The van der Waals surface area contributed by atoms with Gasteiger partial charge in [0.2, 0.25) is 5.91 Å². The number of amides is 1. The first-order valence-electron chi connectivity index (χ1n) is 5.13. The molecule has 110 valence electrons. The Morgan fingerprint density at radius 1 is 1.45 bits per heavy atom. The molecule has 0 atom stereocenters. The lowest BCUT2D eigenvalue weighted by Crippen LogP contribution is -2.35. The van der Waals surface area contributed by atoms with E-state index in [1.54, 1.807) is 0 Å².